The number of H-pyrrole nitrogens is 1. The Bertz CT molecular complexity index is 666. The molecule has 1 heterocycles. The Morgan fingerprint density at radius 3 is 2.50 bits per heavy atom. The average Bonchev–Trinajstić information content (AvgIpc) is 2.34. The maximum Gasteiger partial charge on any atom is 0.269 e. The highest BCUT2D eigenvalue weighted by atomic mass is 79.9. The molecule has 0 saturated carbocycles. The lowest BCUT2D eigenvalue weighted by atomic mass is 10.1. The number of aromatic nitrogens is 2. The lowest BCUT2D eigenvalue weighted by molar-refractivity contribution is -0.384. The number of nitrogens with one attached hydrogen (secondary N) is 1. The molecular weight excluding hydrogens is 304 g/mol. The number of halogens is 1. The van der Waals surface area contributed by atoms with Crippen LogP contribution in [0.1, 0.15) is 0 Å². The van der Waals surface area contributed by atoms with Crippen molar-refractivity contribution in [1.29, 1.82) is 0 Å². The Kier molecular flexibility index (Phi) is 3.11. The smallest absolute Gasteiger partial charge is 0.269 e. The Labute approximate surface area is 109 Å². The van der Waals surface area contributed by atoms with Crippen molar-refractivity contribution < 1.29 is 4.92 Å². The van der Waals surface area contributed by atoms with Gasteiger partial charge >= 0.3 is 0 Å². The van der Waals surface area contributed by atoms with Crippen molar-refractivity contribution in [1.82, 2.24) is 9.97 Å². The summed E-state index contributed by atoms with van der Waals surface area (Å²) in [5, 5.41) is 10.5. The number of nitro benzene ring substituents is 1. The second-order valence-electron chi connectivity index (χ2n) is 3.42. The van der Waals surface area contributed by atoms with Crippen LogP contribution in [0.5, 0.6) is 0 Å². The van der Waals surface area contributed by atoms with Crippen molar-refractivity contribution in [3.8, 4) is 11.3 Å². The SMILES string of the molecule is Nc1nc(-c2ccc([N+](=O)[O-])cc2)c(Br)c(=O)[nH]1. The summed E-state index contributed by atoms with van der Waals surface area (Å²) >= 11 is 3.10. The summed E-state index contributed by atoms with van der Waals surface area (Å²) in [5.74, 6) is -0.0171. The number of nitrogens with two attached hydrogens (primary N) is 1. The molecule has 0 aliphatic rings. The minimum Gasteiger partial charge on any atom is -0.369 e. The zero-order valence-corrected chi connectivity index (χ0v) is 10.5. The van der Waals surface area contributed by atoms with Crippen molar-refractivity contribution in [2.24, 2.45) is 0 Å². The molecule has 92 valence electrons. The van der Waals surface area contributed by atoms with Crippen LogP contribution in [0, 0.1) is 10.1 Å². The molecule has 2 rings (SSSR count). The molecule has 1 aromatic heterocycles. The van der Waals surface area contributed by atoms with E-state index in [1.807, 2.05) is 0 Å². The molecule has 2 aromatic rings. The van der Waals surface area contributed by atoms with Gasteiger partial charge in [0.25, 0.3) is 11.2 Å². The van der Waals surface area contributed by atoms with Crippen LogP contribution in [-0.2, 0) is 0 Å². The van der Waals surface area contributed by atoms with E-state index in [4.69, 9.17) is 5.73 Å². The topological polar surface area (TPSA) is 115 Å². The molecule has 0 unspecified atom stereocenters. The first kappa shape index (κ1) is 12.2. The van der Waals surface area contributed by atoms with Gasteiger partial charge in [0.15, 0.2) is 0 Å². The van der Waals surface area contributed by atoms with Gasteiger partial charge in [-0.25, -0.2) is 4.98 Å². The van der Waals surface area contributed by atoms with E-state index in [2.05, 4.69) is 25.9 Å². The summed E-state index contributed by atoms with van der Waals surface area (Å²) in [6, 6.07) is 5.68. The van der Waals surface area contributed by atoms with Gasteiger partial charge in [-0.3, -0.25) is 19.9 Å². The number of non-ortho nitro benzene ring substituents is 1. The number of nitro groups is 1. The Morgan fingerprint density at radius 2 is 1.94 bits per heavy atom. The molecule has 0 radical (unpaired) electrons. The third-order valence-electron chi connectivity index (χ3n) is 2.23. The van der Waals surface area contributed by atoms with E-state index < -0.39 is 10.5 Å². The number of anilines is 1. The van der Waals surface area contributed by atoms with E-state index in [0.29, 0.717) is 11.3 Å². The Morgan fingerprint density at radius 1 is 1.33 bits per heavy atom. The van der Waals surface area contributed by atoms with Gasteiger partial charge in [0.05, 0.1) is 10.6 Å². The highest BCUT2D eigenvalue weighted by molar-refractivity contribution is 9.10. The van der Waals surface area contributed by atoms with Gasteiger partial charge in [0, 0.05) is 17.7 Å². The molecule has 0 amide bonds. The Balaban J connectivity index is 2.55. The minimum atomic E-state index is -0.502. The molecular formula is C10H7BrN4O3. The van der Waals surface area contributed by atoms with Gasteiger partial charge in [0.2, 0.25) is 5.95 Å². The van der Waals surface area contributed by atoms with E-state index in [9.17, 15) is 14.9 Å². The first-order valence-electron chi connectivity index (χ1n) is 4.79. The predicted octanol–water partition coefficient (Wildman–Crippen LogP) is 1.69. The normalized spacial score (nSPS) is 10.3. The van der Waals surface area contributed by atoms with Crippen LogP contribution < -0.4 is 11.3 Å². The molecule has 7 nitrogen and oxygen atoms in total. The van der Waals surface area contributed by atoms with Gasteiger partial charge in [-0.05, 0) is 28.1 Å². The van der Waals surface area contributed by atoms with E-state index in [0.717, 1.165) is 0 Å². The van der Waals surface area contributed by atoms with Crippen molar-refractivity contribution >= 4 is 27.6 Å². The first-order valence-corrected chi connectivity index (χ1v) is 5.58. The average molecular weight is 311 g/mol. The van der Waals surface area contributed by atoms with Crippen LogP contribution >= 0.6 is 15.9 Å². The van der Waals surface area contributed by atoms with Crippen LogP contribution in [0.3, 0.4) is 0 Å². The zero-order chi connectivity index (χ0) is 13.3. The number of rotatable bonds is 2. The van der Waals surface area contributed by atoms with Gasteiger partial charge < -0.3 is 5.73 Å². The zero-order valence-electron chi connectivity index (χ0n) is 8.88. The summed E-state index contributed by atoms with van der Waals surface area (Å²) in [6.45, 7) is 0. The molecule has 0 aliphatic heterocycles. The van der Waals surface area contributed by atoms with Crippen LogP contribution in [0.4, 0.5) is 11.6 Å². The van der Waals surface area contributed by atoms with E-state index >= 15 is 0 Å². The number of benzene rings is 1. The van der Waals surface area contributed by atoms with Crippen molar-refractivity contribution in [2.45, 2.75) is 0 Å². The summed E-state index contributed by atoms with van der Waals surface area (Å²) < 4.78 is 0.227. The van der Waals surface area contributed by atoms with Crippen LogP contribution in [0.25, 0.3) is 11.3 Å². The van der Waals surface area contributed by atoms with Crippen molar-refractivity contribution in [2.75, 3.05) is 5.73 Å². The highest BCUT2D eigenvalue weighted by Gasteiger charge is 2.11. The summed E-state index contributed by atoms with van der Waals surface area (Å²) in [4.78, 5) is 27.8. The number of nitrogen functional groups attached to an aromatic ring is 1. The molecule has 0 fully saturated rings. The monoisotopic (exact) mass is 310 g/mol. The molecule has 18 heavy (non-hydrogen) atoms. The summed E-state index contributed by atoms with van der Waals surface area (Å²) in [7, 11) is 0. The molecule has 1 aromatic carbocycles. The fourth-order valence-electron chi connectivity index (χ4n) is 1.41. The number of hydrogen-bond donors (Lipinski definition) is 2. The van der Waals surface area contributed by atoms with Crippen LogP contribution in [0.15, 0.2) is 33.5 Å². The Hall–Kier alpha value is -2.22. The highest BCUT2D eigenvalue weighted by Crippen LogP contribution is 2.25. The number of hydrogen-bond acceptors (Lipinski definition) is 5. The lowest BCUT2D eigenvalue weighted by Gasteiger charge is -2.03. The molecule has 0 bridgehead atoms. The lowest BCUT2D eigenvalue weighted by Crippen LogP contribution is -2.13. The minimum absolute atomic E-state index is 0.0171. The first-order chi connectivity index (χ1) is 8.49. The van der Waals surface area contributed by atoms with Crippen molar-refractivity contribution in [3.05, 3.63) is 49.2 Å². The van der Waals surface area contributed by atoms with E-state index in [1.54, 1.807) is 0 Å². The summed E-state index contributed by atoms with van der Waals surface area (Å²) in [5.41, 5.74) is 5.91. The van der Waals surface area contributed by atoms with E-state index in [-0.39, 0.29) is 16.1 Å². The molecule has 0 spiro atoms. The van der Waals surface area contributed by atoms with E-state index in [1.165, 1.54) is 24.3 Å². The fourth-order valence-corrected chi connectivity index (χ4v) is 1.83. The maximum atomic E-state index is 11.5. The predicted molar refractivity (Wildman–Crippen MR) is 69.1 cm³/mol. The van der Waals surface area contributed by atoms with Gasteiger partial charge in [0.1, 0.15) is 4.47 Å². The third kappa shape index (κ3) is 2.23. The summed E-state index contributed by atoms with van der Waals surface area (Å²) in [6.07, 6.45) is 0. The van der Waals surface area contributed by atoms with Crippen LogP contribution in [-0.4, -0.2) is 14.9 Å². The fraction of sp³-hybridized carbons (Fsp3) is 0. The molecule has 0 saturated heterocycles. The maximum absolute atomic E-state index is 11.5. The number of aromatic amines is 1. The second kappa shape index (κ2) is 4.57. The van der Waals surface area contributed by atoms with Crippen molar-refractivity contribution in [3.63, 3.8) is 0 Å². The largest absolute Gasteiger partial charge is 0.369 e. The molecule has 0 atom stereocenters. The van der Waals surface area contributed by atoms with Gasteiger partial charge in [-0.15, -0.1) is 0 Å². The molecule has 0 aliphatic carbocycles. The number of nitrogens with zero attached hydrogens (tertiary/aromatic N) is 2. The molecule has 3 N–H and O–H groups in total. The quantitative estimate of drug-likeness (QED) is 0.647. The van der Waals surface area contributed by atoms with Crippen LogP contribution in [0.2, 0.25) is 0 Å². The standard InChI is InChI=1S/C10H7BrN4O3/c11-7-8(13-10(12)14-9(7)16)5-1-3-6(4-2-5)15(17)18/h1-4H,(H3,12,13,14,16). The molecule has 8 heteroatoms. The van der Waals surface area contributed by atoms with Gasteiger partial charge in [-0.1, -0.05) is 0 Å². The van der Waals surface area contributed by atoms with Gasteiger partial charge in [-0.2, -0.15) is 0 Å². The third-order valence-corrected chi connectivity index (χ3v) is 2.97. The second-order valence-corrected chi connectivity index (χ2v) is 4.21.